The van der Waals surface area contributed by atoms with Gasteiger partial charge in [0, 0.05) is 5.92 Å². The van der Waals surface area contributed by atoms with Crippen LogP contribution in [0.3, 0.4) is 0 Å². The molecule has 0 radical (unpaired) electrons. The molecule has 1 fully saturated rings. The number of carbonyl (C=O) groups excluding carboxylic acids is 1. The second kappa shape index (κ2) is 5.03. The van der Waals surface area contributed by atoms with Gasteiger partial charge in [0.15, 0.2) is 6.04 Å². The zero-order valence-electron chi connectivity index (χ0n) is 9.32. The van der Waals surface area contributed by atoms with Gasteiger partial charge in [-0.2, -0.15) is 0 Å². The minimum atomic E-state index is -0.0596. The number of thioether (sulfide) groups is 1. The Bertz CT molecular complexity index is 206. The maximum absolute atomic E-state index is 11.6. The molecule has 0 aromatic carbocycles. The normalized spacial score (nSPS) is 27.3. The Morgan fingerprint density at radius 1 is 1.43 bits per heavy atom. The number of carbonyl (C=O) groups is 1. The molecule has 4 heteroatoms. The number of rotatable bonds is 3. The highest BCUT2D eigenvalue weighted by atomic mass is 32.2. The smallest absolute Gasteiger partial charge is 0.366 e. The minimum Gasteiger partial charge on any atom is -0.459 e. The Morgan fingerprint density at radius 2 is 2.07 bits per heavy atom. The van der Waals surface area contributed by atoms with Crippen molar-refractivity contribution >= 4 is 17.7 Å². The lowest BCUT2D eigenvalue weighted by Gasteiger charge is -2.13. The molecular weight excluding hydrogens is 198 g/mol. The zero-order chi connectivity index (χ0) is 10.7. The second-order valence-corrected chi connectivity index (χ2v) is 5.54. The van der Waals surface area contributed by atoms with Crippen LogP contribution in [0.2, 0.25) is 0 Å². The van der Waals surface area contributed by atoms with E-state index in [1.165, 1.54) is 0 Å². The van der Waals surface area contributed by atoms with Crippen molar-refractivity contribution in [2.75, 3.05) is 5.75 Å². The first-order valence-corrected chi connectivity index (χ1v) is 6.22. The maximum atomic E-state index is 11.6. The molecule has 0 unspecified atom stereocenters. The van der Waals surface area contributed by atoms with E-state index in [1.54, 1.807) is 0 Å². The van der Waals surface area contributed by atoms with Crippen LogP contribution < -0.4 is 5.32 Å². The Labute approximate surface area is 90.0 Å². The predicted molar refractivity (Wildman–Crippen MR) is 58.0 cm³/mol. The monoisotopic (exact) mass is 218 g/mol. The lowest BCUT2D eigenvalue weighted by molar-refractivity contribution is -0.684. The molecule has 0 aromatic rings. The number of nitrogens with two attached hydrogens (primary N) is 1. The van der Waals surface area contributed by atoms with E-state index in [0.29, 0.717) is 11.3 Å². The summed E-state index contributed by atoms with van der Waals surface area (Å²) in [7, 11) is 0. The molecule has 0 spiro atoms. The summed E-state index contributed by atoms with van der Waals surface area (Å²) < 4.78 is 5.18. The first-order valence-electron chi connectivity index (χ1n) is 5.17. The molecule has 0 amide bonds. The average Bonchev–Trinajstić information content (AvgIpc) is 2.50. The molecular formula is C10H20NO2S+. The zero-order valence-corrected chi connectivity index (χ0v) is 10.1. The Morgan fingerprint density at radius 3 is 2.50 bits per heavy atom. The maximum Gasteiger partial charge on any atom is 0.366 e. The quantitative estimate of drug-likeness (QED) is 0.705. The highest BCUT2D eigenvalue weighted by Crippen LogP contribution is 2.19. The van der Waals surface area contributed by atoms with Crippen LogP contribution in [0.25, 0.3) is 0 Å². The third kappa shape index (κ3) is 3.17. The largest absolute Gasteiger partial charge is 0.459 e. The van der Waals surface area contributed by atoms with Crippen molar-refractivity contribution in [1.82, 2.24) is 0 Å². The van der Waals surface area contributed by atoms with E-state index in [2.05, 4.69) is 19.2 Å². The third-order valence-electron chi connectivity index (χ3n) is 2.20. The van der Waals surface area contributed by atoms with Crippen LogP contribution in [-0.2, 0) is 9.53 Å². The second-order valence-electron chi connectivity index (χ2n) is 4.33. The molecule has 0 aromatic heterocycles. The highest BCUT2D eigenvalue weighted by Gasteiger charge is 2.36. The van der Waals surface area contributed by atoms with Gasteiger partial charge < -0.3 is 10.1 Å². The van der Waals surface area contributed by atoms with E-state index in [-0.39, 0.29) is 18.1 Å². The van der Waals surface area contributed by atoms with E-state index < -0.39 is 0 Å². The Hall–Kier alpha value is -0.220. The topological polar surface area (TPSA) is 42.9 Å². The highest BCUT2D eigenvalue weighted by molar-refractivity contribution is 7.99. The van der Waals surface area contributed by atoms with Gasteiger partial charge >= 0.3 is 5.97 Å². The molecule has 1 rings (SSSR count). The van der Waals surface area contributed by atoms with Gasteiger partial charge in [-0.25, -0.2) is 4.79 Å². The molecule has 14 heavy (non-hydrogen) atoms. The average molecular weight is 218 g/mol. The van der Waals surface area contributed by atoms with E-state index in [4.69, 9.17) is 4.74 Å². The van der Waals surface area contributed by atoms with E-state index >= 15 is 0 Å². The molecule has 0 saturated carbocycles. The number of hydrogen-bond acceptors (Lipinski definition) is 3. The molecule has 0 bridgehead atoms. The fourth-order valence-corrected chi connectivity index (χ4v) is 2.80. The van der Waals surface area contributed by atoms with Gasteiger partial charge in [-0.3, -0.25) is 0 Å². The van der Waals surface area contributed by atoms with E-state index in [9.17, 15) is 4.79 Å². The standard InChI is InChI=1S/C10H19NO2S/c1-6(2)9-11-8(5-14-9)10(12)13-7(3)4/h6-9,11H,5H2,1-4H3/p+1/t8-,9-/m0/s1. The third-order valence-corrected chi connectivity index (χ3v) is 3.84. The van der Waals surface area contributed by atoms with Crippen molar-refractivity contribution in [3.63, 3.8) is 0 Å². The molecule has 0 aliphatic carbocycles. The van der Waals surface area contributed by atoms with Gasteiger partial charge in [0.2, 0.25) is 0 Å². The summed E-state index contributed by atoms with van der Waals surface area (Å²) in [5.41, 5.74) is 0. The van der Waals surface area contributed by atoms with Crippen molar-refractivity contribution in [2.24, 2.45) is 5.92 Å². The minimum absolute atomic E-state index is 0.000926. The Balaban J connectivity index is 2.38. The van der Waals surface area contributed by atoms with Crippen molar-refractivity contribution in [1.29, 1.82) is 0 Å². The lowest BCUT2D eigenvalue weighted by atomic mass is 10.2. The summed E-state index contributed by atoms with van der Waals surface area (Å²) in [5, 5.41) is 2.65. The Kier molecular flexibility index (Phi) is 4.26. The molecule has 2 N–H and O–H groups in total. The van der Waals surface area contributed by atoms with Crippen molar-refractivity contribution in [3.8, 4) is 0 Å². The molecule has 1 heterocycles. The van der Waals surface area contributed by atoms with Crippen molar-refractivity contribution in [2.45, 2.75) is 45.2 Å². The van der Waals surface area contributed by atoms with Crippen LogP contribution in [0.1, 0.15) is 27.7 Å². The number of esters is 1. The van der Waals surface area contributed by atoms with Gasteiger partial charge in [0.05, 0.1) is 11.9 Å². The summed E-state index contributed by atoms with van der Waals surface area (Å²) in [4.78, 5) is 11.6. The van der Waals surface area contributed by atoms with Gasteiger partial charge in [-0.15, -0.1) is 0 Å². The van der Waals surface area contributed by atoms with Crippen LogP contribution in [-0.4, -0.2) is 29.2 Å². The van der Waals surface area contributed by atoms with Crippen LogP contribution in [0, 0.1) is 5.92 Å². The predicted octanol–water partition coefficient (Wildman–Crippen LogP) is 0.599. The van der Waals surface area contributed by atoms with Gasteiger partial charge in [0.25, 0.3) is 0 Å². The lowest BCUT2D eigenvalue weighted by Crippen LogP contribution is -2.94. The number of ether oxygens (including phenoxy) is 1. The van der Waals surface area contributed by atoms with Crippen LogP contribution in [0.5, 0.6) is 0 Å². The van der Waals surface area contributed by atoms with E-state index in [0.717, 1.165) is 5.75 Å². The first-order chi connectivity index (χ1) is 6.50. The van der Waals surface area contributed by atoms with Crippen LogP contribution in [0.4, 0.5) is 0 Å². The summed E-state index contributed by atoms with van der Waals surface area (Å²) in [5.74, 6) is 1.43. The molecule has 3 nitrogen and oxygen atoms in total. The van der Waals surface area contributed by atoms with Gasteiger partial charge in [-0.1, -0.05) is 25.6 Å². The molecule has 1 aliphatic heterocycles. The molecule has 1 aliphatic rings. The van der Waals surface area contributed by atoms with Crippen molar-refractivity contribution in [3.05, 3.63) is 0 Å². The fraction of sp³-hybridized carbons (Fsp3) is 0.900. The molecule has 1 saturated heterocycles. The first kappa shape index (κ1) is 11.9. The molecule has 82 valence electrons. The van der Waals surface area contributed by atoms with Crippen molar-refractivity contribution < 1.29 is 14.8 Å². The summed E-state index contributed by atoms with van der Waals surface area (Å²) >= 11 is 1.86. The van der Waals surface area contributed by atoms with Crippen LogP contribution >= 0.6 is 11.8 Å². The SMILES string of the molecule is CC(C)OC(=O)[C@@H]1CS[C@@H](C(C)C)[NH2+]1. The summed E-state index contributed by atoms with van der Waals surface area (Å²) in [6, 6.07) is 0.00907. The number of quaternary nitrogens is 1. The molecule has 2 atom stereocenters. The number of hydrogen-bond donors (Lipinski definition) is 1. The van der Waals surface area contributed by atoms with Crippen LogP contribution in [0.15, 0.2) is 0 Å². The fourth-order valence-electron chi connectivity index (χ4n) is 1.44. The van der Waals surface area contributed by atoms with E-state index in [1.807, 2.05) is 25.6 Å². The summed E-state index contributed by atoms with van der Waals surface area (Å²) in [6.07, 6.45) is -0.000926. The van der Waals surface area contributed by atoms with Gasteiger partial charge in [0.1, 0.15) is 5.37 Å². The van der Waals surface area contributed by atoms with Gasteiger partial charge in [-0.05, 0) is 13.8 Å². The summed E-state index contributed by atoms with van der Waals surface area (Å²) in [6.45, 7) is 8.15.